The molecule has 1 atom stereocenters. The van der Waals surface area contributed by atoms with Crippen molar-refractivity contribution in [3.05, 3.63) is 35.3 Å². The zero-order chi connectivity index (χ0) is 21.7. The standard InChI is InChI=1S/C19H23N3O6S2/c1-3-28-18(24)16-12-29-19(20-16)21-17(23)13-5-4-10-22(11-13)30(25,26)15-8-6-14(27-2)7-9-15/h6-9,12-13H,3-5,10-11H2,1-2H3,(H,20,21,23). The van der Waals surface area contributed by atoms with Gasteiger partial charge in [-0.2, -0.15) is 4.31 Å². The molecule has 1 aliphatic rings. The molecule has 1 fully saturated rings. The van der Waals surface area contributed by atoms with Gasteiger partial charge < -0.3 is 14.8 Å². The van der Waals surface area contributed by atoms with E-state index in [-0.39, 0.29) is 34.8 Å². The first-order valence-electron chi connectivity index (χ1n) is 9.43. The SMILES string of the molecule is CCOC(=O)c1csc(NC(=O)C2CCCN(S(=O)(=O)c3ccc(OC)cc3)C2)n1. The Morgan fingerprint density at radius 2 is 2.03 bits per heavy atom. The van der Waals surface area contributed by atoms with Gasteiger partial charge in [0.25, 0.3) is 0 Å². The molecule has 11 heteroatoms. The van der Waals surface area contributed by atoms with Crippen LogP contribution in [0.3, 0.4) is 0 Å². The topological polar surface area (TPSA) is 115 Å². The van der Waals surface area contributed by atoms with E-state index in [1.165, 1.54) is 28.9 Å². The summed E-state index contributed by atoms with van der Waals surface area (Å²) < 4.78 is 37.2. The molecule has 1 aromatic carbocycles. The van der Waals surface area contributed by atoms with Gasteiger partial charge in [-0.3, -0.25) is 4.79 Å². The van der Waals surface area contributed by atoms with Crippen molar-refractivity contribution in [3.63, 3.8) is 0 Å². The molecule has 1 unspecified atom stereocenters. The summed E-state index contributed by atoms with van der Waals surface area (Å²) in [7, 11) is -2.21. The van der Waals surface area contributed by atoms with E-state index in [2.05, 4.69) is 10.3 Å². The van der Waals surface area contributed by atoms with Crippen molar-refractivity contribution in [2.24, 2.45) is 5.92 Å². The van der Waals surface area contributed by atoms with Gasteiger partial charge in [0, 0.05) is 18.5 Å². The summed E-state index contributed by atoms with van der Waals surface area (Å²) in [5.41, 5.74) is 0.129. The molecule has 0 bridgehead atoms. The number of thiazole rings is 1. The Labute approximate surface area is 179 Å². The minimum absolute atomic E-state index is 0.0797. The zero-order valence-corrected chi connectivity index (χ0v) is 18.3. The predicted molar refractivity (Wildman–Crippen MR) is 111 cm³/mol. The summed E-state index contributed by atoms with van der Waals surface area (Å²) in [6.07, 6.45) is 1.13. The van der Waals surface area contributed by atoms with Gasteiger partial charge in [0.2, 0.25) is 15.9 Å². The van der Waals surface area contributed by atoms with E-state index in [0.717, 1.165) is 11.3 Å². The fourth-order valence-corrected chi connectivity index (χ4v) is 5.32. The van der Waals surface area contributed by atoms with Crippen molar-refractivity contribution in [3.8, 4) is 5.75 Å². The molecule has 2 aromatic rings. The number of amides is 1. The van der Waals surface area contributed by atoms with Crippen molar-refractivity contribution in [1.82, 2.24) is 9.29 Å². The molecule has 0 radical (unpaired) electrons. The molecule has 1 saturated heterocycles. The quantitative estimate of drug-likeness (QED) is 0.640. The first kappa shape index (κ1) is 22.2. The second-order valence-electron chi connectivity index (χ2n) is 6.63. The number of sulfonamides is 1. The van der Waals surface area contributed by atoms with Crippen LogP contribution >= 0.6 is 11.3 Å². The number of nitrogens with one attached hydrogen (secondary N) is 1. The van der Waals surface area contributed by atoms with Gasteiger partial charge >= 0.3 is 5.97 Å². The van der Waals surface area contributed by atoms with Crippen molar-refractivity contribution in [2.45, 2.75) is 24.7 Å². The molecule has 0 aliphatic carbocycles. The van der Waals surface area contributed by atoms with E-state index < -0.39 is 21.9 Å². The highest BCUT2D eigenvalue weighted by Gasteiger charge is 2.33. The Bertz CT molecular complexity index is 1000. The number of carbonyl (C=O) groups excluding carboxylic acids is 2. The first-order valence-corrected chi connectivity index (χ1v) is 11.7. The van der Waals surface area contributed by atoms with Crippen molar-refractivity contribution in [2.75, 3.05) is 32.1 Å². The van der Waals surface area contributed by atoms with Gasteiger partial charge in [0.15, 0.2) is 10.8 Å². The average molecular weight is 454 g/mol. The summed E-state index contributed by atoms with van der Waals surface area (Å²) in [5, 5.41) is 4.46. The number of methoxy groups -OCH3 is 1. The Kier molecular flexibility index (Phi) is 7.06. The molecule has 1 amide bonds. The third kappa shape index (κ3) is 4.97. The number of nitrogens with zero attached hydrogens (tertiary/aromatic N) is 2. The highest BCUT2D eigenvalue weighted by Crippen LogP contribution is 2.26. The number of rotatable bonds is 7. The Balaban J connectivity index is 1.66. The number of anilines is 1. The lowest BCUT2D eigenvalue weighted by atomic mass is 9.99. The molecule has 1 N–H and O–H groups in total. The number of esters is 1. The van der Waals surface area contributed by atoms with Crippen LogP contribution in [-0.4, -0.2) is 56.4 Å². The zero-order valence-electron chi connectivity index (χ0n) is 16.7. The maximum atomic E-state index is 12.9. The lowest BCUT2D eigenvalue weighted by molar-refractivity contribution is -0.120. The number of carbonyl (C=O) groups is 2. The largest absolute Gasteiger partial charge is 0.497 e. The average Bonchev–Trinajstić information content (AvgIpc) is 3.22. The molecule has 2 heterocycles. The van der Waals surface area contributed by atoms with Crippen molar-refractivity contribution in [1.29, 1.82) is 0 Å². The van der Waals surface area contributed by atoms with Crippen LogP contribution in [-0.2, 0) is 19.6 Å². The van der Waals surface area contributed by atoms with Crippen LogP contribution in [0.15, 0.2) is 34.5 Å². The summed E-state index contributed by atoms with van der Waals surface area (Å²) >= 11 is 1.12. The van der Waals surface area contributed by atoms with Crippen molar-refractivity contribution < 1.29 is 27.5 Å². The molecule has 1 aliphatic heterocycles. The second-order valence-corrected chi connectivity index (χ2v) is 9.42. The molecule has 3 rings (SSSR count). The summed E-state index contributed by atoms with van der Waals surface area (Å²) in [6, 6.07) is 6.16. The molecule has 0 spiro atoms. The van der Waals surface area contributed by atoms with Crippen LogP contribution < -0.4 is 10.1 Å². The number of ether oxygens (including phenoxy) is 2. The number of aromatic nitrogens is 1. The normalized spacial score (nSPS) is 17.3. The van der Waals surface area contributed by atoms with Gasteiger partial charge in [-0.1, -0.05) is 0 Å². The van der Waals surface area contributed by atoms with Crippen LogP contribution in [0.25, 0.3) is 0 Å². The Morgan fingerprint density at radius 3 is 2.70 bits per heavy atom. The van der Waals surface area contributed by atoms with E-state index in [9.17, 15) is 18.0 Å². The fraction of sp³-hybridized carbons (Fsp3) is 0.421. The predicted octanol–water partition coefficient (Wildman–Crippen LogP) is 2.37. The van der Waals surface area contributed by atoms with E-state index in [1.807, 2.05) is 0 Å². The molecular formula is C19H23N3O6S2. The molecule has 162 valence electrons. The lowest BCUT2D eigenvalue weighted by Crippen LogP contribution is -2.43. The molecular weight excluding hydrogens is 430 g/mol. The van der Waals surface area contributed by atoms with Gasteiger partial charge in [0.05, 0.1) is 24.5 Å². The lowest BCUT2D eigenvalue weighted by Gasteiger charge is -2.31. The second kappa shape index (κ2) is 9.54. The van der Waals surface area contributed by atoms with E-state index in [4.69, 9.17) is 9.47 Å². The maximum Gasteiger partial charge on any atom is 0.357 e. The monoisotopic (exact) mass is 453 g/mol. The summed E-state index contributed by atoms with van der Waals surface area (Å²) in [5.74, 6) is -0.824. The van der Waals surface area contributed by atoms with Crippen LogP contribution in [0.1, 0.15) is 30.3 Å². The smallest absolute Gasteiger partial charge is 0.357 e. The van der Waals surface area contributed by atoms with Crippen LogP contribution in [0, 0.1) is 5.92 Å². The van der Waals surface area contributed by atoms with Crippen LogP contribution in [0.5, 0.6) is 5.75 Å². The summed E-state index contributed by atoms with van der Waals surface area (Å²) in [6.45, 7) is 2.36. The minimum atomic E-state index is -3.72. The van der Waals surface area contributed by atoms with Gasteiger partial charge in [-0.25, -0.2) is 18.2 Å². The molecule has 9 nitrogen and oxygen atoms in total. The Hall–Kier alpha value is -2.50. The number of benzene rings is 1. The van der Waals surface area contributed by atoms with Crippen LogP contribution in [0.4, 0.5) is 5.13 Å². The maximum absolute atomic E-state index is 12.9. The molecule has 0 saturated carbocycles. The van der Waals surface area contributed by atoms with E-state index in [0.29, 0.717) is 25.1 Å². The fourth-order valence-electron chi connectivity index (χ4n) is 3.11. The summed E-state index contributed by atoms with van der Waals surface area (Å²) in [4.78, 5) is 28.6. The Morgan fingerprint density at radius 1 is 1.30 bits per heavy atom. The third-order valence-corrected chi connectivity index (χ3v) is 7.31. The van der Waals surface area contributed by atoms with Gasteiger partial charge in [-0.15, -0.1) is 11.3 Å². The molecule has 30 heavy (non-hydrogen) atoms. The number of hydrogen-bond donors (Lipinski definition) is 1. The van der Waals surface area contributed by atoms with Crippen LogP contribution in [0.2, 0.25) is 0 Å². The van der Waals surface area contributed by atoms with Gasteiger partial charge in [-0.05, 0) is 44.0 Å². The minimum Gasteiger partial charge on any atom is -0.497 e. The third-order valence-electron chi connectivity index (χ3n) is 4.67. The van der Waals surface area contributed by atoms with E-state index in [1.54, 1.807) is 19.1 Å². The highest BCUT2D eigenvalue weighted by atomic mass is 32.2. The number of hydrogen-bond acceptors (Lipinski definition) is 8. The first-order chi connectivity index (χ1) is 14.3. The number of piperidine rings is 1. The van der Waals surface area contributed by atoms with Crippen molar-refractivity contribution >= 4 is 38.4 Å². The van der Waals surface area contributed by atoms with E-state index >= 15 is 0 Å². The van der Waals surface area contributed by atoms with Gasteiger partial charge in [0.1, 0.15) is 5.75 Å². The highest BCUT2D eigenvalue weighted by molar-refractivity contribution is 7.89. The molecule has 1 aromatic heterocycles.